The highest BCUT2D eigenvalue weighted by atomic mass is 16.1. The maximum Gasteiger partial charge on any atom is 0.215 e. The van der Waals surface area contributed by atoms with Crippen LogP contribution in [0.4, 0.5) is 11.5 Å². The number of carbonyl (C=O) groups is 1. The molecule has 0 saturated carbocycles. The second-order valence-corrected chi connectivity index (χ2v) is 4.38. The first-order valence-electron chi connectivity index (χ1n) is 6.07. The Morgan fingerprint density at radius 2 is 1.85 bits per heavy atom. The second kappa shape index (κ2) is 4.62. The Morgan fingerprint density at radius 1 is 1.05 bits per heavy atom. The number of fused-ring (bicyclic) bond motifs is 1. The normalized spacial score (nSPS) is 10.6. The van der Waals surface area contributed by atoms with E-state index < -0.39 is 0 Å². The van der Waals surface area contributed by atoms with Crippen molar-refractivity contribution in [3.05, 3.63) is 59.9 Å². The predicted octanol–water partition coefficient (Wildman–Crippen LogP) is 2.03. The van der Waals surface area contributed by atoms with Crippen molar-refractivity contribution in [1.29, 1.82) is 0 Å². The van der Waals surface area contributed by atoms with Gasteiger partial charge in [-0.05, 0) is 24.3 Å². The molecule has 0 atom stereocenters. The number of anilines is 2. The first-order valence-corrected chi connectivity index (χ1v) is 6.07. The molecule has 5 heteroatoms. The van der Waals surface area contributed by atoms with Crippen LogP contribution >= 0.6 is 0 Å². The monoisotopic (exact) mass is 264 g/mol. The van der Waals surface area contributed by atoms with Gasteiger partial charge in [0.1, 0.15) is 11.5 Å². The summed E-state index contributed by atoms with van der Waals surface area (Å²) in [7, 11) is 0. The number of para-hydroxylation sites is 1. The Hall–Kier alpha value is -2.95. The van der Waals surface area contributed by atoms with Gasteiger partial charge in [0.15, 0.2) is 0 Å². The summed E-state index contributed by atoms with van der Waals surface area (Å²) in [4.78, 5) is 20.7. The maximum atomic E-state index is 12.4. The molecule has 1 aromatic carbocycles. The Kier molecular flexibility index (Phi) is 2.80. The van der Waals surface area contributed by atoms with Crippen molar-refractivity contribution in [3.8, 4) is 0 Å². The smallest absolute Gasteiger partial charge is 0.215 e. The van der Waals surface area contributed by atoms with Crippen LogP contribution < -0.4 is 11.5 Å². The Labute approximate surface area is 115 Å². The van der Waals surface area contributed by atoms with Gasteiger partial charge in [0.05, 0.1) is 11.1 Å². The lowest BCUT2D eigenvalue weighted by molar-refractivity contribution is 0.103. The van der Waals surface area contributed by atoms with Gasteiger partial charge in [-0.15, -0.1) is 0 Å². The Morgan fingerprint density at radius 3 is 2.65 bits per heavy atom. The minimum absolute atomic E-state index is 0.186. The number of hydrogen-bond acceptors (Lipinski definition) is 5. The van der Waals surface area contributed by atoms with E-state index in [1.54, 1.807) is 18.2 Å². The molecule has 2 heterocycles. The Balaban J connectivity index is 2.16. The van der Waals surface area contributed by atoms with E-state index in [1.165, 1.54) is 6.20 Å². The number of ketones is 1. The number of pyridine rings is 2. The largest absolute Gasteiger partial charge is 0.398 e. The molecule has 0 saturated heterocycles. The minimum atomic E-state index is -0.284. The molecule has 0 aliphatic rings. The fourth-order valence-corrected chi connectivity index (χ4v) is 2.07. The van der Waals surface area contributed by atoms with Gasteiger partial charge >= 0.3 is 0 Å². The zero-order chi connectivity index (χ0) is 14.1. The highest BCUT2D eigenvalue weighted by molar-refractivity contribution is 6.12. The van der Waals surface area contributed by atoms with Gasteiger partial charge in [-0.2, -0.15) is 0 Å². The van der Waals surface area contributed by atoms with Crippen LogP contribution in [0.25, 0.3) is 10.9 Å². The number of benzene rings is 1. The zero-order valence-corrected chi connectivity index (χ0v) is 10.6. The highest BCUT2D eigenvalue weighted by Crippen LogP contribution is 2.22. The van der Waals surface area contributed by atoms with E-state index in [1.807, 2.05) is 24.3 Å². The molecule has 2 aromatic heterocycles. The molecule has 20 heavy (non-hydrogen) atoms. The predicted molar refractivity (Wildman–Crippen MR) is 78.2 cm³/mol. The fourth-order valence-electron chi connectivity index (χ4n) is 2.07. The van der Waals surface area contributed by atoms with E-state index >= 15 is 0 Å². The fraction of sp³-hybridized carbons (Fsp3) is 0. The molecule has 0 spiro atoms. The molecule has 0 fully saturated rings. The number of nitrogens with zero attached hydrogens (tertiary/aromatic N) is 2. The van der Waals surface area contributed by atoms with Crippen molar-refractivity contribution in [2.24, 2.45) is 0 Å². The average molecular weight is 264 g/mol. The van der Waals surface area contributed by atoms with Crippen molar-refractivity contribution in [2.75, 3.05) is 11.5 Å². The molecule has 0 radical (unpaired) electrons. The molecule has 5 nitrogen and oxygen atoms in total. The van der Waals surface area contributed by atoms with Crippen molar-refractivity contribution in [1.82, 2.24) is 9.97 Å². The van der Waals surface area contributed by atoms with Crippen molar-refractivity contribution in [3.63, 3.8) is 0 Å². The van der Waals surface area contributed by atoms with E-state index in [2.05, 4.69) is 9.97 Å². The number of aromatic nitrogens is 2. The number of nitrogens with two attached hydrogens (primary N) is 2. The third kappa shape index (κ3) is 1.95. The standard InChI is InChI=1S/C15H12N4O/c16-11-8-13(19-12-6-2-1-4-9(11)12)14(20)10-5-3-7-18-15(10)17/h1-8H,(H2,16,19)(H2,17,18). The summed E-state index contributed by atoms with van der Waals surface area (Å²) in [6.45, 7) is 0. The van der Waals surface area contributed by atoms with Crippen LogP contribution in [0.1, 0.15) is 16.1 Å². The van der Waals surface area contributed by atoms with Crippen LogP contribution in [0.15, 0.2) is 48.7 Å². The average Bonchev–Trinajstić information content (AvgIpc) is 2.47. The van der Waals surface area contributed by atoms with Crippen molar-refractivity contribution in [2.45, 2.75) is 0 Å². The number of nitrogen functional groups attached to an aromatic ring is 2. The third-order valence-electron chi connectivity index (χ3n) is 3.06. The van der Waals surface area contributed by atoms with E-state index in [0.717, 1.165) is 5.39 Å². The summed E-state index contributed by atoms with van der Waals surface area (Å²) < 4.78 is 0. The first kappa shape index (κ1) is 12.1. The van der Waals surface area contributed by atoms with E-state index in [9.17, 15) is 4.79 Å². The van der Waals surface area contributed by atoms with Gasteiger partial charge in [-0.25, -0.2) is 9.97 Å². The Bertz CT molecular complexity index is 814. The minimum Gasteiger partial charge on any atom is -0.398 e. The summed E-state index contributed by atoms with van der Waals surface area (Å²) >= 11 is 0. The summed E-state index contributed by atoms with van der Waals surface area (Å²) in [5.41, 5.74) is 13.5. The maximum absolute atomic E-state index is 12.4. The lowest BCUT2D eigenvalue weighted by atomic mass is 10.1. The van der Waals surface area contributed by atoms with Gasteiger partial charge in [-0.1, -0.05) is 18.2 Å². The van der Waals surface area contributed by atoms with Crippen LogP contribution in [-0.4, -0.2) is 15.8 Å². The number of rotatable bonds is 2. The van der Waals surface area contributed by atoms with Gasteiger partial charge < -0.3 is 11.5 Å². The van der Waals surface area contributed by atoms with E-state index in [4.69, 9.17) is 11.5 Å². The van der Waals surface area contributed by atoms with E-state index in [0.29, 0.717) is 16.8 Å². The topological polar surface area (TPSA) is 94.9 Å². The number of carbonyl (C=O) groups excluding carboxylic acids is 1. The molecule has 98 valence electrons. The molecule has 4 N–H and O–H groups in total. The molecular formula is C15H12N4O. The molecule has 0 aliphatic carbocycles. The quantitative estimate of drug-likeness (QED) is 0.690. The van der Waals surface area contributed by atoms with Gasteiger partial charge in [0, 0.05) is 17.3 Å². The lowest BCUT2D eigenvalue weighted by Gasteiger charge is -2.06. The lowest BCUT2D eigenvalue weighted by Crippen LogP contribution is -2.09. The highest BCUT2D eigenvalue weighted by Gasteiger charge is 2.15. The number of hydrogen-bond donors (Lipinski definition) is 2. The molecule has 3 aromatic rings. The van der Waals surface area contributed by atoms with Crippen molar-refractivity contribution < 1.29 is 4.79 Å². The summed E-state index contributed by atoms with van der Waals surface area (Å²) in [5, 5.41) is 0.822. The molecule has 0 bridgehead atoms. The summed E-state index contributed by atoms with van der Waals surface area (Å²) in [6, 6.07) is 12.3. The SMILES string of the molecule is Nc1ncccc1C(=O)c1cc(N)c2ccccc2n1. The van der Waals surface area contributed by atoms with Crippen LogP contribution in [0.2, 0.25) is 0 Å². The molecule has 3 rings (SSSR count). The van der Waals surface area contributed by atoms with E-state index in [-0.39, 0.29) is 17.3 Å². The summed E-state index contributed by atoms with van der Waals surface area (Å²) in [5.74, 6) is -0.0981. The van der Waals surface area contributed by atoms with Crippen LogP contribution in [-0.2, 0) is 0 Å². The second-order valence-electron chi connectivity index (χ2n) is 4.38. The van der Waals surface area contributed by atoms with Gasteiger partial charge in [0.25, 0.3) is 0 Å². The molecule has 0 unspecified atom stereocenters. The molecule has 0 aliphatic heterocycles. The van der Waals surface area contributed by atoms with Crippen LogP contribution in [0.3, 0.4) is 0 Å². The van der Waals surface area contributed by atoms with Crippen LogP contribution in [0.5, 0.6) is 0 Å². The van der Waals surface area contributed by atoms with Gasteiger partial charge in [0.2, 0.25) is 5.78 Å². The zero-order valence-electron chi connectivity index (χ0n) is 10.6. The molecule has 0 amide bonds. The summed E-state index contributed by atoms with van der Waals surface area (Å²) in [6.07, 6.45) is 1.54. The van der Waals surface area contributed by atoms with Crippen molar-refractivity contribution >= 4 is 28.2 Å². The van der Waals surface area contributed by atoms with Gasteiger partial charge in [-0.3, -0.25) is 4.79 Å². The third-order valence-corrected chi connectivity index (χ3v) is 3.06. The molecular weight excluding hydrogens is 252 g/mol. The first-order chi connectivity index (χ1) is 9.66. The van der Waals surface area contributed by atoms with Crippen LogP contribution in [0, 0.1) is 0 Å².